The van der Waals surface area contributed by atoms with Gasteiger partial charge in [0.05, 0.1) is 11.3 Å². The van der Waals surface area contributed by atoms with Crippen LogP contribution in [0.15, 0.2) is 18.3 Å². The molecule has 0 N–H and O–H groups in total. The molecule has 17 heavy (non-hydrogen) atoms. The molecule has 2 rings (SSSR count). The van der Waals surface area contributed by atoms with Gasteiger partial charge in [0.15, 0.2) is 5.82 Å². The third kappa shape index (κ3) is 1.92. The van der Waals surface area contributed by atoms with Crippen molar-refractivity contribution in [1.29, 1.82) is 5.26 Å². The van der Waals surface area contributed by atoms with E-state index in [0.717, 1.165) is 23.6 Å². The summed E-state index contributed by atoms with van der Waals surface area (Å²) in [4.78, 5) is 4.25. The fraction of sp³-hybridized carbons (Fsp3) is 0.308. The highest BCUT2D eigenvalue weighted by atomic mass is 15.3. The van der Waals surface area contributed by atoms with Crippen molar-refractivity contribution in [2.75, 3.05) is 0 Å². The van der Waals surface area contributed by atoms with E-state index < -0.39 is 0 Å². The van der Waals surface area contributed by atoms with Crippen LogP contribution in [0.3, 0.4) is 0 Å². The molecule has 2 aromatic rings. The van der Waals surface area contributed by atoms with E-state index in [9.17, 15) is 0 Å². The Morgan fingerprint density at radius 1 is 1.35 bits per heavy atom. The normalized spacial score (nSPS) is 10.2. The van der Waals surface area contributed by atoms with E-state index in [1.807, 2.05) is 24.6 Å². The Kier molecular flexibility index (Phi) is 2.92. The fourth-order valence-corrected chi connectivity index (χ4v) is 1.99. The Balaban J connectivity index is 2.50. The number of hydrogen-bond donors (Lipinski definition) is 0. The second-order valence-corrected chi connectivity index (χ2v) is 3.93. The monoisotopic (exact) mass is 226 g/mol. The molecule has 0 saturated heterocycles. The lowest BCUT2D eigenvalue weighted by Crippen LogP contribution is -2.02. The van der Waals surface area contributed by atoms with Crippen LogP contribution in [0.2, 0.25) is 0 Å². The maximum absolute atomic E-state index is 8.73. The van der Waals surface area contributed by atoms with Gasteiger partial charge in [-0.25, -0.2) is 9.67 Å². The SMILES string of the molecule is CCc1c(C)nn(-c2ccc(C#N)cn2)c1C. The molecule has 2 aromatic heterocycles. The molecule has 0 aliphatic carbocycles. The summed E-state index contributed by atoms with van der Waals surface area (Å²) in [6, 6.07) is 5.63. The zero-order valence-electron chi connectivity index (χ0n) is 10.2. The van der Waals surface area contributed by atoms with Crippen molar-refractivity contribution in [3.8, 4) is 11.9 Å². The third-order valence-electron chi connectivity index (χ3n) is 2.89. The molecule has 86 valence electrons. The van der Waals surface area contributed by atoms with Crippen molar-refractivity contribution in [2.45, 2.75) is 27.2 Å². The number of aromatic nitrogens is 3. The second kappa shape index (κ2) is 4.38. The summed E-state index contributed by atoms with van der Waals surface area (Å²) in [6.45, 7) is 6.16. The zero-order chi connectivity index (χ0) is 12.4. The van der Waals surface area contributed by atoms with Gasteiger partial charge in [-0.1, -0.05) is 6.92 Å². The van der Waals surface area contributed by atoms with Gasteiger partial charge >= 0.3 is 0 Å². The average molecular weight is 226 g/mol. The lowest BCUT2D eigenvalue weighted by Gasteiger charge is -2.03. The van der Waals surface area contributed by atoms with Crippen LogP contribution in [0.1, 0.15) is 29.4 Å². The van der Waals surface area contributed by atoms with Gasteiger partial charge in [0.2, 0.25) is 0 Å². The van der Waals surface area contributed by atoms with Crippen LogP contribution in [-0.4, -0.2) is 14.8 Å². The number of rotatable bonds is 2. The highest BCUT2D eigenvalue weighted by molar-refractivity contribution is 5.35. The maximum atomic E-state index is 8.73. The molecule has 4 nitrogen and oxygen atoms in total. The van der Waals surface area contributed by atoms with Gasteiger partial charge in [0, 0.05) is 11.9 Å². The first-order valence-electron chi connectivity index (χ1n) is 5.59. The average Bonchev–Trinajstić information content (AvgIpc) is 2.64. The standard InChI is InChI=1S/C13H14N4/c1-4-12-9(2)16-17(10(12)3)13-6-5-11(7-14)8-15-13/h5-6,8H,4H2,1-3H3. The molecule has 0 amide bonds. The number of pyridine rings is 1. The van der Waals surface area contributed by atoms with Crippen LogP contribution in [0.25, 0.3) is 5.82 Å². The minimum Gasteiger partial charge on any atom is -0.236 e. The van der Waals surface area contributed by atoms with Gasteiger partial charge in [0.25, 0.3) is 0 Å². The number of nitriles is 1. The molecule has 4 heteroatoms. The van der Waals surface area contributed by atoms with Crippen molar-refractivity contribution in [3.63, 3.8) is 0 Å². The summed E-state index contributed by atoms with van der Waals surface area (Å²) in [5.74, 6) is 0.754. The van der Waals surface area contributed by atoms with Crippen molar-refractivity contribution in [3.05, 3.63) is 40.8 Å². The Labute approximate surface area is 101 Å². The Hall–Kier alpha value is -2.15. The molecule has 0 unspecified atom stereocenters. The first-order chi connectivity index (χ1) is 8.17. The molecule has 0 aliphatic heterocycles. The van der Waals surface area contributed by atoms with E-state index in [4.69, 9.17) is 5.26 Å². The first-order valence-corrected chi connectivity index (χ1v) is 5.59. The summed E-state index contributed by atoms with van der Waals surface area (Å²) in [5, 5.41) is 13.2. The van der Waals surface area contributed by atoms with Crippen molar-refractivity contribution >= 4 is 0 Å². The van der Waals surface area contributed by atoms with Crippen LogP contribution in [0, 0.1) is 25.2 Å². The largest absolute Gasteiger partial charge is 0.236 e. The fourth-order valence-electron chi connectivity index (χ4n) is 1.99. The lowest BCUT2D eigenvalue weighted by atomic mass is 10.1. The van der Waals surface area contributed by atoms with E-state index in [0.29, 0.717) is 5.56 Å². The first kappa shape index (κ1) is 11.3. The molecule has 0 radical (unpaired) electrons. The molecular formula is C13H14N4. The lowest BCUT2D eigenvalue weighted by molar-refractivity contribution is 0.805. The topological polar surface area (TPSA) is 54.5 Å². The second-order valence-electron chi connectivity index (χ2n) is 3.93. The predicted octanol–water partition coefficient (Wildman–Crippen LogP) is 2.32. The van der Waals surface area contributed by atoms with Gasteiger partial charge < -0.3 is 0 Å². The highest BCUT2D eigenvalue weighted by Gasteiger charge is 2.11. The van der Waals surface area contributed by atoms with Gasteiger partial charge in [0.1, 0.15) is 6.07 Å². The third-order valence-corrected chi connectivity index (χ3v) is 2.89. The number of nitrogens with zero attached hydrogens (tertiary/aromatic N) is 4. The van der Waals surface area contributed by atoms with Crippen molar-refractivity contribution in [2.24, 2.45) is 0 Å². The Morgan fingerprint density at radius 2 is 2.12 bits per heavy atom. The summed E-state index contributed by atoms with van der Waals surface area (Å²) < 4.78 is 1.83. The van der Waals surface area contributed by atoms with Gasteiger partial charge in [-0.3, -0.25) is 0 Å². The van der Waals surface area contributed by atoms with Crippen LogP contribution in [0.5, 0.6) is 0 Å². The smallest absolute Gasteiger partial charge is 0.153 e. The van der Waals surface area contributed by atoms with Crippen molar-refractivity contribution < 1.29 is 0 Å². The van der Waals surface area contributed by atoms with Crippen molar-refractivity contribution in [1.82, 2.24) is 14.8 Å². The molecule has 2 heterocycles. The maximum Gasteiger partial charge on any atom is 0.153 e. The van der Waals surface area contributed by atoms with Crippen LogP contribution < -0.4 is 0 Å². The minimum atomic E-state index is 0.561. The van der Waals surface area contributed by atoms with E-state index in [1.165, 1.54) is 5.56 Å². The molecule has 0 saturated carbocycles. The summed E-state index contributed by atoms with van der Waals surface area (Å²) >= 11 is 0. The Morgan fingerprint density at radius 3 is 2.59 bits per heavy atom. The summed E-state index contributed by atoms with van der Waals surface area (Å²) in [7, 11) is 0. The molecule has 0 bridgehead atoms. The zero-order valence-corrected chi connectivity index (χ0v) is 10.2. The molecule has 0 atom stereocenters. The molecule has 0 spiro atoms. The molecular weight excluding hydrogens is 212 g/mol. The van der Waals surface area contributed by atoms with E-state index in [1.54, 1.807) is 12.3 Å². The predicted molar refractivity (Wildman–Crippen MR) is 64.9 cm³/mol. The Bertz CT molecular complexity index is 573. The van der Waals surface area contributed by atoms with Gasteiger partial charge in [-0.05, 0) is 38.0 Å². The molecule has 0 fully saturated rings. The molecule has 0 aliphatic rings. The van der Waals surface area contributed by atoms with Gasteiger partial charge in [-0.2, -0.15) is 10.4 Å². The van der Waals surface area contributed by atoms with Crippen LogP contribution in [-0.2, 0) is 6.42 Å². The van der Waals surface area contributed by atoms with E-state index in [-0.39, 0.29) is 0 Å². The minimum absolute atomic E-state index is 0.561. The van der Waals surface area contributed by atoms with Crippen LogP contribution in [0.4, 0.5) is 0 Å². The summed E-state index contributed by atoms with van der Waals surface area (Å²) in [5.41, 5.74) is 3.97. The van der Waals surface area contributed by atoms with Crippen LogP contribution >= 0.6 is 0 Å². The molecule has 0 aromatic carbocycles. The summed E-state index contributed by atoms with van der Waals surface area (Å²) in [6.07, 6.45) is 2.53. The number of aryl methyl sites for hydroxylation is 1. The number of hydrogen-bond acceptors (Lipinski definition) is 3. The van der Waals surface area contributed by atoms with E-state index in [2.05, 4.69) is 23.1 Å². The van der Waals surface area contributed by atoms with E-state index >= 15 is 0 Å². The quantitative estimate of drug-likeness (QED) is 0.789. The van der Waals surface area contributed by atoms with Gasteiger partial charge in [-0.15, -0.1) is 0 Å². The highest BCUT2D eigenvalue weighted by Crippen LogP contribution is 2.17.